The summed E-state index contributed by atoms with van der Waals surface area (Å²) in [5.74, 6) is 0.999. The van der Waals surface area contributed by atoms with E-state index >= 15 is 0 Å². The molecule has 0 atom stereocenters. The Kier molecular flexibility index (Phi) is 3.49. The van der Waals surface area contributed by atoms with E-state index < -0.39 is 0 Å². The second-order valence-corrected chi connectivity index (χ2v) is 5.47. The van der Waals surface area contributed by atoms with Crippen LogP contribution < -0.4 is 5.73 Å². The SMILES string of the molecule is Nc1ccc(CN(Cc2ccco2)C2CC2)c(Cl)c1. The summed E-state index contributed by atoms with van der Waals surface area (Å²) in [6.07, 6.45) is 4.23. The molecule has 3 rings (SSSR count). The van der Waals surface area contributed by atoms with E-state index in [0.717, 1.165) is 29.4 Å². The summed E-state index contributed by atoms with van der Waals surface area (Å²) in [6, 6.07) is 10.3. The lowest BCUT2D eigenvalue weighted by Gasteiger charge is -2.21. The summed E-state index contributed by atoms with van der Waals surface area (Å²) in [6.45, 7) is 1.67. The number of hydrogen-bond donors (Lipinski definition) is 1. The van der Waals surface area contributed by atoms with Crippen molar-refractivity contribution in [3.63, 3.8) is 0 Å². The largest absolute Gasteiger partial charge is 0.468 e. The fourth-order valence-corrected chi connectivity index (χ4v) is 2.52. The molecule has 1 saturated carbocycles. The predicted octanol–water partition coefficient (Wildman–Crippen LogP) is 3.68. The molecule has 1 aromatic heterocycles. The number of nitrogen functional groups attached to an aromatic ring is 1. The molecule has 1 fully saturated rings. The van der Waals surface area contributed by atoms with Crippen molar-refractivity contribution in [2.75, 3.05) is 5.73 Å². The molecular weight excluding hydrogens is 260 g/mol. The van der Waals surface area contributed by atoms with Crippen LogP contribution in [0.25, 0.3) is 0 Å². The minimum absolute atomic E-state index is 0.652. The van der Waals surface area contributed by atoms with Gasteiger partial charge in [-0.05, 0) is 42.7 Å². The standard InChI is InChI=1S/C15H17ClN2O/c16-15-8-12(17)4-3-11(15)9-18(13-5-6-13)10-14-2-1-7-19-14/h1-4,7-8,13H,5-6,9-10,17H2. The second kappa shape index (κ2) is 5.27. The van der Waals surface area contributed by atoms with Crippen LogP contribution in [-0.2, 0) is 13.1 Å². The fourth-order valence-electron chi connectivity index (χ4n) is 2.27. The minimum Gasteiger partial charge on any atom is -0.468 e. The third-order valence-corrected chi connectivity index (χ3v) is 3.80. The Balaban J connectivity index is 1.74. The Hall–Kier alpha value is -1.45. The normalized spacial score (nSPS) is 15.1. The number of hydrogen-bond acceptors (Lipinski definition) is 3. The van der Waals surface area contributed by atoms with Gasteiger partial charge in [0.25, 0.3) is 0 Å². The number of halogens is 1. The molecule has 4 heteroatoms. The molecule has 1 aliphatic rings. The van der Waals surface area contributed by atoms with E-state index in [4.69, 9.17) is 21.8 Å². The van der Waals surface area contributed by atoms with E-state index in [1.54, 1.807) is 6.26 Å². The molecule has 0 aliphatic heterocycles. The van der Waals surface area contributed by atoms with Crippen LogP contribution in [0.4, 0.5) is 5.69 Å². The molecule has 1 heterocycles. The Morgan fingerprint density at radius 3 is 2.74 bits per heavy atom. The highest BCUT2D eigenvalue weighted by Gasteiger charge is 2.29. The zero-order chi connectivity index (χ0) is 13.2. The van der Waals surface area contributed by atoms with Gasteiger partial charge >= 0.3 is 0 Å². The summed E-state index contributed by atoms with van der Waals surface area (Å²) in [5.41, 5.74) is 7.55. The molecule has 0 bridgehead atoms. The van der Waals surface area contributed by atoms with Crippen molar-refractivity contribution in [1.82, 2.24) is 4.90 Å². The number of nitrogens with zero attached hydrogens (tertiary/aromatic N) is 1. The molecule has 100 valence electrons. The molecule has 1 aliphatic carbocycles. The van der Waals surface area contributed by atoms with E-state index in [1.165, 1.54) is 12.8 Å². The minimum atomic E-state index is 0.652. The molecule has 0 unspecified atom stereocenters. The van der Waals surface area contributed by atoms with Crippen molar-refractivity contribution in [2.45, 2.75) is 32.0 Å². The molecule has 2 N–H and O–H groups in total. The Morgan fingerprint density at radius 2 is 2.11 bits per heavy atom. The fraction of sp³-hybridized carbons (Fsp3) is 0.333. The van der Waals surface area contributed by atoms with Crippen molar-refractivity contribution >= 4 is 17.3 Å². The molecular formula is C15H17ClN2O. The second-order valence-electron chi connectivity index (χ2n) is 5.07. The van der Waals surface area contributed by atoms with Gasteiger partial charge in [-0.2, -0.15) is 0 Å². The first-order chi connectivity index (χ1) is 9.22. The van der Waals surface area contributed by atoms with Crippen LogP contribution in [0.2, 0.25) is 5.02 Å². The van der Waals surface area contributed by atoms with E-state index in [9.17, 15) is 0 Å². The van der Waals surface area contributed by atoms with Gasteiger partial charge < -0.3 is 10.2 Å². The molecule has 1 aromatic carbocycles. The maximum absolute atomic E-state index is 6.25. The number of furan rings is 1. The quantitative estimate of drug-likeness (QED) is 0.847. The van der Waals surface area contributed by atoms with Crippen LogP contribution in [0.5, 0.6) is 0 Å². The van der Waals surface area contributed by atoms with Crippen molar-refractivity contribution in [1.29, 1.82) is 0 Å². The van der Waals surface area contributed by atoms with Gasteiger partial charge in [-0.15, -0.1) is 0 Å². The maximum Gasteiger partial charge on any atom is 0.117 e. The molecule has 0 amide bonds. The lowest BCUT2D eigenvalue weighted by atomic mass is 10.2. The van der Waals surface area contributed by atoms with Gasteiger partial charge in [0.15, 0.2) is 0 Å². The van der Waals surface area contributed by atoms with E-state index in [2.05, 4.69) is 4.90 Å². The Labute approximate surface area is 118 Å². The van der Waals surface area contributed by atoms with Gasteiger partial charge in [0, 0.05) is 23.3 Å². The lowest BCUT2D eigenvalue weighted by molar-refractivity contribution is 0.225. The van der Waals surface area contributed by atoms with E-state index in [0.29, 0.717) is 11.7 Å². The number of nitrogens with two attached hydrogens (primary N) is 1. The third-order valence-electron chi connectivity index (χ3n) is 3.45. The zero-order valence-corrected chi connectivity index (χ0v) is 11.4. The van der Waals surface area contributed by atoms with Crippen LogP contribution in [0.3, 0.4) is 0 Å². The van der Waals surface area contributed by atoms with E-state index in [1.807, 2.05) is 30.3 Å². The zero-order valence-electron chi connectivity index (χ0n) is 10.7. The van der Waals surface area contributed by atoms with Crippen molar-refractivity contribution < 1.29 is 4.42 Å². The van der Waals surface area contributed by atoms with Gasteiger partial charge in [0.2, 0.25) is 0 Å². The molecule has 0 radical (unpaired) electrons. The summed E-state index contributed by atoms with van der Waals surface area (Å²) in [7, 11) is 0. The lowest BCUT2D eigenvalue weighted by Crippen LogP contribution is -2.25. The van der Waals surface area contributed by atoms with Crippen molar-refractivity contribution in [2.24, 2.45) is 0 Å². The van der Waals surface area contributed by atoms with Gasteiger partial charge in [-0.3, -0.25) is 4.90 Å². The van der Waals surface area contributed by atoms with Crippen LogP contribution in [0.15, 0.2) is 41.0 Å². The van der Waals surface area contributed by atoms with Gasteiger partial charge in [0.1, 0.15) is 5.76 Å². The Morgan fingerprint density at radius 1 is 1.26 bits per heavy atom. The predicted molar refractivity (Wildman–Crippen MR) is 76.8 cm³/mol. The summed E-state index contributed by atoms with van der Waals surface area (Å²) >= 11 is 6.25. The molecule has 2 aromatic rings. The van der Waals surface area contributed by atoms with Crippen LogP contribution in [-0.4, -0.2) is 10.9 Å². The Bertz CT molecular complexity index is 549. The molecule has 0 saturated heterocycles. The summed E-state index contributed by atoms with van der Waals surface area (Å²) < 4.78 is 5.43. The topological polar surface area (TPSA) is 42.4 Å². The number of benzene rings is 1. The smallest absolute Gasteiger partial charge is 0.117 e. The first kappa shape index (κ1) is 12.6. The number of anilines is 1. The first-order valence-corrected chi connectivity index (χ1v) is 6.90. The van der Waals surface area contributed by atoms with Gasteiger partial charge in [-0.25, -0.2) is 0 Å². The highest BCUT2D eigenvalue weighted by atomic mass is 35.5. The summed E-state index contributed by atoms with van der Waals surface area (Å²) in [4.78, 5) is 2.41. The van der Waals surface area contributed by atoms with Gasteiger partial charge in [-0.1, -0.05) is 17.7 Å². The van der Waals surface area contributed by atoms with Gasteiger partial charge in [0.05, 0.1) is 12.8 Å². The highest BCUT2D eigenvalue weighted by Crippen LogP contribution is 2.31. The highest BCUT2D eigenvalue weighted by molar-refractivity contribution is 6.31. The average Bonchev–Trinajstić information content (AvgIpc) is 3.10. The van der Waals surface area contributed by atoms with Crippen molar-refractivity contribution in [3.05, 3.63) is 52.9 Å². The monoisotopic (exact) mass is 276 g/mol. The molecule has 19 heavy (non-hydrogen) atoms. The molecule has 3 nitrogen and oxygen atoms in total. The van der Waals surface area contributed by atoms with Crippen LogP contribution in [0.1, 0.15) is 24.2 Å². The average molecular weight is 277 g/mol. The molecule has 0 spiro atoms. The first-order valence-electron chi connectivity index (χ1n) is 6.53. The third kappa shape index (κ3) is 3.11. The number of rotatable bonds is 5. The maximum atomic E-state index is 6.25. The van der Waals surface area contributed by atoms with Crippen molar-refractivity contribution in [3.8, 4) is 0 Å². The van der Waals surface area contributed by atoms with Crippen LogP contribution >= 0.6 is 11.6 Å². The van der Waals surface area contributed by atoms with Crippen LogP contribution in [0, 0.1) is 0 Å². The summed E-state index contributed by atoms with van der Waals surface area (Å²) in [5, 5.41) is 0.741. The van der Waals surface area contributed by atoms with E-state index in [-0.39, 0.29) is 0 Å².